The van der Waals surface area contributed by atoms with Gasteiger partial charge in [0.1, 0.15) is 6.10 Å². The van der Waals surface area contributed by atoms with Crippen molar-refractivity contribution in [1.29, 1.82) is 0 Å². The summed E-state index contributed by atoms with van der Waals surface area (Å²) in [6.45, 7) is 6.53. The standard InChI is InChI=1S/C59H115NO5/c1-4-7-10-13-16-19-22-25-28-30-33-36-39-42-45-48-51-57(62)56(54-61)60-58(63)53-55(50-47-44-41-38-35-32-27-24-21-18-15-12-9-6-3)65-59(64)52-49-46-43-40-37-34-31-29-26-23-20-17-14-11-8-5-2/h29,31,55-57,61-62H,4-28,30,32-54H2,1-3H3,(H,60,63)/b31-29+. The molecule has 0 spiro atoms. The van der Waals surface area contributed by atoms with E-state index in [1.165, 1.54) is 231 Å². The predicted molar refractivity (Wildman–Crippen MR) is 283 cm³/mol. The highest BCUT2D eigenvalue weighted by Crippen LogP contribution is 2.19. The fourth-order valence-corrected chi connectivity index (χ4v) is 9.37. The van der Waals surface area contributed by atoms with Gasteiger partial charge in [-0.2, -0.15) is 0 Å². The van der Waals surface area contributed by atoms with E-state index in [9.17, 15) is 19.8 Å². The van der Waals surface area contributed by atoms with Crippen LogP contribution in [0.15, 0.2) is 12.2 Å². The molecule has 1 amide bonds. The van der Waals surface area contributed by atoms with Crippen molar-refractivity contribution >= 4 is 11.9 Å². The van der Waals surface area contributed by atoms with E-state index in [-0.39, 0.29) is 24.9 Å². The molecule has 0 aromatic carbocycles. The molecule has 0 aliphatic carbocycles. The molecular formula is C59H115NO5. The van der Waals surface area contributed by atoms with Crippen LogP contribution in [0.3, 0.4) is 0 Å². The van der Waals surface area contributed by atoms with Crippen LogP contribution in [0.4, 0.5) is 0 Å². The summed E-state index contributed by atoms with van der Waals surface area (Å²) in [5, 5.41) is 23.9. The third-order valence-corrected chi connectivity index (χ3v) is 13.8. The molecule has 0 saturated heterocycles. The number of carbonyl (C=O) groups excluding carboxylic acids is 2. The lowest BCUT2D eigenvalue weighted by atomic mass is 10.0. The van der Waals surface area contributed by atoms with Gasteiger partial charge in [-0.3, -0.25) is 9.59 Å². The van der Waals surface area contributed by atoms with Crippen molar-refractivity contribution in [3.8, 4) is 0 Å². The van der Waals surface area contributed by atoms with E-state index in [0.717, 1.165) is 51.4 Å². The Morgan fingerprint density at radius 2 is 0.738 bits per heavy atom. The molecule has 0 heterocycles. The topological polar surface area (TPSA) is 95.9 Å². The molecule has 0 saturated carbocycles. The zero-order valence-electron chi connectivity index (χ0n) is 44.2. The van der Waals surface area contributed by atoms with E-state index in [1.54, 1.807) is 0 Å². The predicted octanol–water partition coefficient (Wildman–Crippen LogP) is 18.1. The van der Waals surface area contributed by atoms with Gasteiger partial charge in [0, 0.05) is 6.42 Å². The summed E-state index contributed by atoms with van der Waals surface area (Å²) in [7, 11) is 0. The second-order valence-electron chi connectivity index (χ2n) is 20.4. The number of hydrogen-bond acceptors (Lipinski definition) is 5. The Balaban J connectivity index is 4.49. The van der Waals surface area contributed by atoms with E-state index in [0.29, 0.717) is 19.3 Å². The Labute approximate surface area is 406 Å². The molecule has 6 heteroatoms. The van der Waals surface area contributed by atoms with Crippen molar-refractivity contribution in [1.82, 2.24) is 5.32 Å². The first kappa shape index (κ1) is 63.6. The summed E-state index contributed by atoms with van der Waals surface area (Å²) in [5.41, 5.74) is 0. The Kier molecular flexibility index (Phi) is 52.4. The number of aliphatic hydroxyl groups is 2. The molecule has 0 fully saturated rings. The zero-order chi connectivity index (χ0) is 47.4. The van der Waals surface area contributed by atoms with Gasteiger partial charge >= 0.3 is 5.97 Å². The summed E-state index contributed by atoms with van der Waals surface area (Å²) in [6, 6.07) is -0.697. The summed E-state index contributed by atoms with van der Waals surface area (Å²) in [6.07, 6.45) is 61.3. The van der Waals surface area contributed by atoms with Crippen LogP contribution < -0.4 is 5.32 Å². The monoisotopic (exact) mass is 918 g/mol. The van der Waals surface area contributed by atoms with Gasteiger partial charge in [-0.25, -0.2) is 0 Å². The summed E-state index contributed by atoms with van der Waals surface area (Å²) < 4.78 is 5.96. The lowest BCUT2D eigenvalue weighted by molar-refractivity contribution is -0.151. The fraction of sp³-hybridized carbons (Fsp3) is 0.932. The maximum atomic E-state index is 13.3. The molecule has 3 unspecified atom stereocenters. The molecule has 386 valence electrons. The van der Waals surface area contributed by atoms with Crippen molar-refractivity contribution in [2.75, 3.05) is 6.61 Å². The van der Waals surface area contributed by atoms with Crippen molar-refractivity contribution in [2.24, 2.45) is 0 Å². The molecule has 0 rings (SSSR count). The van der Waals surface area contributed by atoms with Crippen LogP contribution in [0.1, 0.15) is 329 Å². The minimum atomic E-state index is -0.784. The number of allylic oxidation sites excluding steroid dienone is 2. The number of hydrogen-bond donors (Lipinski definition) is 3. The zero-order valence-corrected chi connectivity index (χ0v) is 44.2. The Bertz CT molecular complexity index is 986. The molecule has 65 heavy (non-hydrogen) atoms. The molecular weight excluding hydrogens is 803 g/mol. The molecule has 3 N–H and O–H groups in total. The first-order chi connectivity index (χ1) is 32.0. The maximum Gasteiger partial charge on any atom is 0.306 e. The normalized spacial score (nSPS) is 13.1. The molecule has 0 aliphatic heterocycles. The van der Waals surface area contributed by atoms with Gasteiger partial charge in [0.2, 0.25) is 5.91 Å². The van der Waals surface area contributed by atoms with Gasteiger partial charge in [0.25, 0.3) is 0 Å². The number of ether oxygens (including phenoxy) is 1. The molecule has 0 bridgehead atoms. The Morgan fingerprint density at radius 1 is 0.431 bits per heavy atom. The number of amides is 1. The van der Waals surface area contributed by atoms with E-state index in [4.69, 9.17) is 4.74 Å². The van der Waals surface area contributed by atoms with Crippen LogP contribution in [-0.2, 0) is 14.3 Å². The van der Waals surface area contributed by atoms with Crippen LogP contribution in [-0.4, -0.2) is 46.9 Å². The second-order valence-corrected chi connectivity index (χ2v) is 20.4. The second kappa shape index (κ2) is 53.6. The van der Waals surface area contributed by atoms with Crippen molar-refractivity contribution < 1.29 is 24.5 Å². The third kappa shape index (κ3) is 48.9. The van der Waals surface area contributed by atoms with Gasteiger partial charge in [-0.1, -0.05) is 277 Å². The van der Waals surface area contributed by atoms with Crippen molar-refractivity contribution in [2.45, 2.75) is 347 Å². The van der Waals surface area contributed by atoms with Crippen LogP contribution in [0.2, 0.25) is 0 Å². The lowest BCUT2D eigenvalue weighted by Crippen LogP contribution is -2.46. The van der Waals surface area contributed by atoms with Gasteiger partial charge in [0.05, 0.1) is 25.2 Å². The van der Waals surface area contributed by atoms with E-state index >= 15 is 0 Å². The maximum absolute atomic E-state index is 13.3. The summed E-state index contributed by atoms with van der Waals surface area (Å²) >= 11 is 0. The van der Waals surface area contributed by atoms with Crippen molar-refractivity contribution in [3.63, 3.8) is 0 Å². The highest BCUT2D eigenvalue weighted by Gasteiger charge is 2.24. The minimum Gasteiger partial charge on any atom is -0.462 e. The quantitative estimate of drug-likeness (QED) is 0.0321. The first-order valence-electron chi connectivity index (χ1n) is 29.4. The first-order valence-corrected chi connectivity index (χ1v) is 29.4. The van der Waals surface area contributed by atoms with Gasteiger partial charge in [0.15, 0.2) is 0 Å². The van der Waals surface area contributed by atoms with Crippen LogP contribution in [0, 0.1) is 0 Å². The number of unbranched alkanes of at least 4 members (excludes halogenated alkanes) is 40. The third-order valence-electron chi connectivity index (χ3n) is 13.8. The van der Waals surface area contributed by atoms with Gasteiger partial charge < -0.3 is 20.3 Å². The van der Waals surface area contributed by atoms with Crippen LogP contribution >= 0.6 is 0 Å². The smallest absolute Gasteiger partial charge is 0.306 e. The number of nitrogens with one attached hydrogen (secondary N) is 1. The highest BCUT2D eigenvalue weighted by molar-refractivity contribution is 5.77. The summed E-state index contributed by atoms with van der Waals surface area (Å²) in [5.74, 6) is -0.460. The average Bonchev–Trinajstić information content (AvgIpc) is 3.30. The molecule has 0 aromatic rings. The molecule has 3 atom stereocenters. The Morgan fingerprint density at radius 3 is 1.09 bits per heavy atom. The molecule has 0 radical (unpaired) electrons. The van der Waals surface area contributed by atoms with Crippen LogP contribution in [0.5, 0.6) is 0 Å². The van der Waals surface area contributed by atoms with Gasteiger partial charge in [-0.05, 0) is 51.4 Å². The number of carbonyl (C=O) groups is 2. The fourth-order valence-electron chi connectivity index (χ4n) is 9.37. The number of rotatable bonds is 54. The summed E-state index contributed by atoms with van der Waals surface area (Å²) in [4.78, 5) is 26.3. The van der Waals surface area contributed by atoms with E-state index < -0.39 is 18.2 Å². The molecule has 6 nitrogen and oxygen atoms in total. The number of esters is 1. The highest BCUT2D eigenvalue weighted by atomic mass is 16.5. The van der Waals surface area contributed by atoms with E-state index in [1.807, 2.05) is 0 Å². The largest absolute Gasteiger partial charge is 0.462 e. The average molecular weight is 919 g/mol. The lowest BCUT2D eigenvalue weighted by Gasteiger charge is -2.24. The van der Waals surface area contributed by atoms with Crippen molar-refractivity contribution in [3.05, 3.63) is 12.2 Å². The van der Waals surface area contributed by atoms with Crippen LogP contribution in [0.25, 0.3) is 0 Å². The molecule has 0 aliphatic rings. The van der Waals surface area contributed by atoms with Gasteiger partial charge in [-0.15, -0.1) is 0 Å². The SMILES string of the molecule is CCCCCCCCC/C=C/CCCCCCCC(=O)OC(CCCCCCCCCCCCCCCC)CC(=O)NC(CO)C(O)CCCCCCCCCCCCCCCCCC. The number of aliphatic hydroxyl groups excluding tert-OH is 2. The Hall–Kier alpha value is -1.40. The van der Waals surface area contributed by atoms with E-state index in [2.05, 4.69) is 38.2 Å². The molecule has 0 aromatic heterocycles. The minimum absolute atomic E-state index is 0.0823.